The Kier molecular flexibility index (Phi) is 6.93. The Hall–Kier alpha value is -1.46. The van der Waals surface area contributed by atoms with Gasteiger partial charge in [0.25, 0.3) is 0 Å². The number of benzene rings is 1. The van der Waals surface area contributed by atoms with Gasteiger partial charge in [-0.2, -0.15) is 0 Å². The van der Waals surface area contributed by atoms with Gasteiger partial charge in [-0.05, 0) is 32.0 Å². The first-order chi connectivity index (χ1) is 8.34. The van der Waals surface area contributed by atoms with E-state index in [0.717, 1.165) is 32.5 Å². The molecule has 1 aromatic carbocycles. The Morgan fingerprint density at radius 2 is 1.94 bits per heavy atom. The van der Waals surface area contributed by atoms with Crippen LogP contribution in [0.15, 0.2) is 30.3 Å². The van der Waals surface area contributed by atoms with Crippen molar-refractivity contribution in [1.29, 1.82) is 0 Å². The van der Waals surface area contributed by atoms with Crippen molar-refractivity contribution < 1.29 is 0 Å². The fraction of sp³-hybridized carbons (Fsp3) is 0.467. The maximum absolute atomic E-state index is 3.40. The first kappa shape index (κ1) is 13.6. The molecule has 2 heteroatoms. The first-order valence-corrected chi connectivity index (χ1v) is 6.21. The fourth-order valence-corrected chi connectivity index (χ4v) is 1.65. The lowest BCUT2D eigenvalue weighted by molar-refractivity contribution is 0.653. The molecule has 0 unspecified atom stereocenters. The third kappa shape index (κ3) is 5.99. The van der Waals surface area contributed by atoms with Crippen LogP contribution in [-0.2, 0) is 0 Å². The van der Waals surface area contributed by atoms with E-state index < -0.39 is 0 Å². The average molecular weight is 230 g/mol. The van der Waals surface area contributed by atoms with E-state index in [9.17, 15) is 0 Å². The van der Waals surface area contributed by atoms with Crippen LogP contribution in [0.3, 0.4) is 0 Å². The summed E-state index contributed by atoms with van der Waals surface area (Å²) in [4.78, 5) is 2.29. The minimum Gasteiger partial charge on any atom is -0.375 e. The van der Waals surface area contributed by atoms with Crippen molar-refractivity contribution in [2.24, 2.45) is 0 Å². The first-order valence-electron chi connectivity index (χ1n) is 6.21. The molecule has 0 aliphatic heterocycles. The molecule has 2 nitrogen and oxygen atoms in total. The molecule has 1 N–H and O–H groups in total. The molecule has 0 amide bonds. The summed E-state index contributed by atoms with van der Waals surface area (Å²) < 4.78 is 0. The van der Waals surface area contributed by atoms with E-state index in [-0.39, 0.29) is 0 Å². The topological polar surface area (TPSA) is 15.3 Å². The van der Waals surface area contributed by atoms with Crippen LogP contribution in [0.5, 0.6) is 0 Å². The van der Waals surface area contributed by atoms with Crippen LogP contribution in [0.1, 0.15) is 19.8 Å². The second kappa shape index (κ2) is 8.66. The molecule has 0 saturated carbocycles. The lowest BCUT2D eigenvalue weighted by Gasteiger charge is -2.19. The van der Waals surface area contributed by atoms with Crippen LogP contribution in [0.2, 0.25) is 0 Å². The highest BCUT2D eigenvalue weighted by atomic mass is 15.1. The van der Waals surface area contributed by atoms with Gasteiger partial charge in [-0.3, -0.25) is 0 Å². The maximum Gasteiger partial charge on any atom is 0.0363 e. The summed E-state index contributed by atoms with van der Waals surface area (Å²) in [5.41, 5.74) is 1.28. The van der Waals surface area contributed by atoms with Gasteiger partial charge in [0.15, 0.2) is 0 Å². The Labute approximate surface area is 105 Å². The Morgan fingerprint density at radius 3 is 2.65 bits per heavy atom. The number of nitrogens with one attached hydrogen (secondary N) is 1. The van der Waals surface area contributed by atoms with E-state index in [4.69, 9.17) is 0 Å². The molecule has 0 aromatic heterocycles. The summed E-state index contributed by atoms with van der Waals surface area (Å²) in [5.74, 6) is 5.95. The predicted octanol–water partition coefficient (Wildman–Crippen LogP) is 2.52. The number of nitrogens with zero attached hydrogens (tertiary/aromatic N) is 1. The standard InChI is InChI=1S/C15H22N2/c1-3-4-8-12-16-13-9-14-17(2)15-10-6-5-7-11-15/h5-7,10-11,16H,8-9,12-14H2,1-2H3. The zero-order chi connectivity index (χ0) is 12.3. The number of rotatable bonds is 7. The fourth-order valence-electron chi connectivity index (χ4n) is 1.65. The van der Waals surface area contributed by atoms with Crippen LogP contribution in [0, 0.1) is 11.8 Å². The maximum atomic E-state index is 3.40. The molecule has 92 valence electrons. The molecule has 1 aromatic rings. The SMILES string of the molecule is CC#CCCNCCCN(C)c1ccccc1. The highest BCUT2D eigenvalue weighted by molar-refractivity contribution is 5.44. The van der Waals surface area contributed by atoms with Crippen molar-refractivity contribution in [3.63, 3.8) is 0 Å². The number of para-hydroxylation sites is 1. The zero-order valence-corrected chi connectivity index (χ0v) is 10.9. The van der Waals surface area contributed by atoms with Gasteiger partial charge in [0.2, 0.25) is 0 Å². The van der Waals surface area contributed by atoms with E-state index in [1.54, 1.807) is 0 Å². The normalized spacial score (nSPS) is 9.53. The van der Waals surface area contributed by atoms with Crippen LogP contribution < -0.4 is 10.2 Å². The quantitative estimate of drug-likeness (QED) is 0.572. The molecule has 0 atom stereocenters. The molecular formula is C15H22N2. The van der Waals surface area contributed by atoms with Crippen molar-refractivity contribution in [3.8, 4) is 11.8 Å². The van der Waals surface area contributed by atoms with Crippen molar-refractivity contribution in [1.82, 2.24) is 5.32 Å². The van der Waals surface area contributed by atoms with Crippen molar-refractivity contribution in [2.45, 2.75) is 19.8 Å². The van der Waals surface area contributed by atoms with E-state index >= 15 is 0 Å². The summed E-state index contributed by atoms with van der Waals surface area (Å²) in [6.45, 7) is 5.02. The van der Waals surface area contributed by atoms with Gasteiger partial charge in [0, 0.05) is 32.2 Å². The molecule has 0 saturated heterocycles. The van der Waals surface area contributed by atoms with E-state index in [1.807, 2.05) is 13.0 Å². The van der Waals surface area contributed by atoms with Crippen molar-refractivity contribution in [2.75, 3.05) is 31.6 Å². The second-order valence-electron chi connectivity index (χ2n) is 4.04. The molecule has 1 rings (SSSR count). The van der Waals surface area contributed by atoms with Crippen LogP contribution in [-0.4, -0.2) is 26.7 Å². The van der Waals surface area contributed by atoms with Gasteiger partial charge in [0.1, 0.15) is 0 Å². The summed E-state index contributed by atoms with van der Waals surface area (Å²) >= 11 is 0. The van der Waals surface area contributed by atoms with E-state index in [2.05, 4.69) is 53.4 Å². The van der Waals surface area contributed by atoms with Crippen molar-refractivity contribution in [3.05, 3.63) is 30.3 Å². The summed E-state index contributed by atoms with van der Waals surface area (Å²) in [6.07, 6.45) is 2.11. The third-order valence-corrected chi connectivity index (χ3v) is 2.65. The second-order valence-corrected chi connectivity index (χ2v) is 4.04. The highest BCUT2D eigenvalue weighted by Gasteiger charge is 1.98. The van der Waals surface area contributed by atoms with Gasteiger partial charge in [-0.1, -0.05) is 18.2 Å². The molecule has 0 fully saturated rings. The summed E-state index contributed by atoms with van der Waals surface area (Å²) in [6, 6.07) is 10.5. The molecule has 0 spiro atoms. The van der Waals surface area contributed by atoms with Crippen molar-refractivity contribution >= 4 is 5.69 Å². The Bertz CT molecular complexity index is 348. The van der Waals surface area contributed by atoms with Crippen LogP contribution in [0.4, 0.5) is 5.69 Å². The van der Waals surface area contributed by atoms with Crippen LogP contribution >= 0.6 is 0 Å². The molecule has 17 heavy (non-hydrogen) atoms. The minimum absolute atomic E-state index is 0.949. The predicted molar refractivity (Wildman–Crippen MR) is 75.3 cm³/mol. The minimum atomic E-state index is 0.949. The van der Waals surface area contributed by atoms with E-state index in [0.29, 0.717) is 0 Å². The number of hydrogen-bond donors (Lipinski definition) is 1. The summed E-state index contributed by atoms with van der Waals surface area (Å²) in [5, 5.41) is 3.40. The zero-order valence-electron chi connectivity index (χ0n) is 10.9. The molecule has 0 heterocycles. The smallest absolute Gasteiger partial charge is 0.0363 e. The molecule has 0 aliphatic carbocycles. The molecule has 0 bridgehead atoms. The van der Waals surface area contributed by atoms with Gasteiger partial charge in [0.05, 0.1) is 0 Å². The number of anilines is 1. The Morgan fingerprint density at radius 1 is 1.18 bits per heavy atom. The number of hydrogen-bond acceptors (Lipinski definition) is 2. The molecule has 0 aliphatic rings. The van der Waals surface area contributed by atoms with E-state index in [1.165, 1.54) is 5.69 Å². The van der Waals surface area contributed by atoms with Crippen LogP contribution in [0.25, 0.3) is 0 Å². The van der Waals surface area contributed by atoms with Gasteiger partial charge in [-0.15, -0.1) is 11.8 Å². The lowest BCUT2D eigenvalue weighted by Crippen LogP contribution is -2.24. The Balaban J connectivity index is 2.08. The van der Waals surface area contributed by atoms with Gasteiger partial charge in [-0.25, -0.2) is 0 Å². The highest BCUT2D eigenvalue weighted by Crippen LogP contribution is 2.10. The summed E-state index contributed by atoms with van der Waals surface area (Å²) in [7, 11) is 2.14. The molecular weight excluding hydrogens is 208 g/mol. The third-order valence-electron chi connectivity index (χ3n) is 2.65. The monoisotopic (exact) mass is 230 g/mol. The molecule has 0 radical (unpaired) electrons. The largest absolute Gasteiger partial charge is 0.375 e. The lowest BCUT2D eigenvalue weighted by atomic mass is 10.3. The average Bonchev–Trinajstić information content (AvgIpc) is 2.38. The van der Waals surface area contributed by atoms with Gasteiger partial charge < -0.3 is 10.2 Å². The van der Waals surface area contributed by atoms with Gasteiger partial charge >= 0.3 is 0 Å².